The minimum atomic E-state index is 0.824. The van der Waals surface area contributed by atoms with Gasteiger partial charge < -0.3 is 5.73 Å². The van der Waals surface area contributed by atoms with Gasteiger partial charge in [0.05, 0.1) is 0 Å². The lowest BCUT2D eigenvalue weighted by Gasteiger charge is -2.02. The molecule has 0 amide bonds. The van der Waals surface area contributed by atoms with Crippen LogP contribution in [0.15, 0.2) is 48.5 Å². The van der Waals surface area contributed by atoms with Crippen LogP contribution in [0.4, 0.5) is 5.69 Å². The highest BCUT2D eigenvalue weighted by Crippen LogP contribution is 2.11. The van der Waals surface area contributed by atoms with E-state index in [-0.39, 0.29) is 0 Å². The first-order chi connectivity index (χ1) is 6.84. The summed E-state index contributed by atoms with van der Waals surface area (Å²) >= 11 is 0. The van der Waals surface area contributed by atoms with Crippen molar-refractivity contribution < 1.29 is 0 Å². The Kier molecular flexibility index (Phi) is 2.50. The van der Waals surface area contributed by atoms with Crippen LogP contribution in [0.1, 0.15) is 11.1 Å². The zero-order valence-electron chi connectivity index (χ0n) is 7.90. The first kappa shape index (κ1) is 8.82. The summed E-state index contributed by atoms with van der Waals surface area (Å²) in [6, 6.07) is 19.0. The number of anilines is 1. The van der Waals surface area contributed by atoms with Crippen LogP contribution in [0.3, 0.4) is 0 Å². The Morgan fingerprint density at radius 1 is 1.00 bits per heavy atom. The highest BCUT2D eigenvalue weighted by Gasteiger charge is 1.95. The molecule has 2 N–H and O–H groups in total. The molecule has 0 atom stereocenters. The van der Waals surface area contributed by atoms with Gasteiger partial charge in [-0.2, -0.15) is 0 Å². The van der Waals surface area contributed by atoms with E-state index in [1.165, 1.54) is 11.1 Å². The normalized spacial score (nSPS) is 10.0. The van der Waals surface area contributed by atoms with Gasteiger partial charge in [0.1, 0.15) is 0 Å². The molecule has 2 aromatic carbocycles. The van der Waals surface area contributed by atoms with Gasteiger partial charge in [-0.25, -0.2) is 0 Å². The van der Waals surface area contributed by atoms with Crippen molar-refractivity contribution in [2.45, 2.75) is 6.42 Å². The van der Waals surface area contributed by atoms with Crippen LogP contribution in [0.2, 0.25) is 0 Å². The molecule has 0 fully saturated rings. The average Bonchev–Trinajstić information content (AvgIpc) is 2.19. The molecule has 0 saturated carbocycles. The average molecular weight is 182 g/mol. The fourth-order valence-electron chi connectivity index (χ4n) is 1.48. The van der Waals surface area contributed by atoms with E-state index < -0.39 is 0 Å². The van der Waals surface area contributed by atoms with E-state index in [1.54, 1.807) is 0 Å². The van der Waals surface area contributed by atoms with E-state index in [2.05, 4.69) is 24.3 Å². The molecule has 0 spiro atoms. The van der Waals surface area contributed by atoms with Gasteiger partial charge in [0.2, 0.25) is 0 Å². The third-order valence-electron chi connectivity index (χ3n) is 2.15. The molecule has 2 rings (SSSR count). The Hall–Kier alpha value is -1.76. The van der Waals surface area contributed by atoms with Crippen LogP contribution in [0.25, 0.3) is 0 Å². The van der Waals surface area contributed by atoms with Crippen LogP contribution >= 0.6 is 0 Å². The van der Waals surface area contributed by atoms with Gasteiger partial charge in [-0.3, -0.25) is 0 Å². The third kappa shape index (κ3) is 2.13. The van der Waals surface area contributed by atoms with Crippen LogP contribution < -0.4 is 5.73 Å². The molecule has 0 aliphatic heterocycles. The molecule has 0 bridgehead atoms. The SMILES string of the molecule is Nc1cccc(Cc2cc[c]cc2)c1. The second-order valence-corrected chi connectivity index (χ2v) is 3.33. The summed E-state index contributed by atoms with van der Waals surface area (Å²) in [6.45, 7) is 0. The van der Waals surface area contributed by atoms with Crippen LogP contribution in [0, 0.1) is 6.07 Å². The van der Waals surface area contributed by atoms with Crippen molar-refractivity contribution in [2.75, 3.05) is 5.73 Å². The van der Waals surface area contributed by atoms with Crippen molar-refractivity contribution in [3.8, 4) is 0 Å². The quantitative estimate of drug-likeness (QED) is 0.710. The summed E-state index contributed by atoms with van der Waals surface area (Å²) in [6.07, 6.45) is 0.930. The Balaban J connectivity index is 2.19. The Morgan fingerprint density at radius 2 is 1.79 bits per heavy atom. The minimum Gasteiger partial charge on any atom is -0.399 e. The summed E-state index contributed by atoms with van der Waals surface area (Å²) in [7, 11) is 0. The Labute approximate surface area is 84.2 Å². The van der Waals surface area contributed by atoms with E-state index in [4.69, 9.17) is 5.73 Å². The topological polar surface area (TPSA) is 26.0 Å². The summed E-state index contributed by atoms with van der Waals surface area (Å²) in [5.41, 5.74) is 9.06. The van der Waals surface area contributed by atoms with Crippen LogP contribution in [0.5, 0.6) is 0 Å². The molecule has 0 aliphatic rings. The second-order valence-electron chi connectivity index (χ2n) is 3.33. The summed E-state index contributed by atoms with van der Waals surface area (Å²) in [5.74, 6) is 0. The van der Waals surface area contributed by atoms with Gasteiger partial charge in [0.15, 0.2) is 0 Å². The summed E-state index contributed by atoms with van der Waals surface area (Å²) < 4.78 is 0. The van der Waals surface area contributed by atoms with Gasteiger partial charge in [-0.15, -0.1) is 0 Å². The van der Waals surface area contributed by atoms with E-state index >= 15 is 0 Å². The standard InChI is InChI=1S/C13H12N/c14-13-8-4-7-12(10-13)9-11-5-2-1-3-6-11/h2-8,10H,9,14H2. The van der Waals surface area contributed by atoms with Gasteiger partial charge >= 0.3 is 0 Å². The zero-order chi connectivity index (χ0) is 9.80. The van der Waals surface area contributed by atoms with Crippen molar-refractivity contribution in [1.82, 2.24) is 0 Å². The monoisotopic (exact) mass is 182 g/mol. The lowest BCUT2D eigenvalue weighted by Crippen LogP contribution is -1.90. The molecule has 0 saturated heterocycles. The summed E-state index contributed by atoms with van der Waals surface area (Å²) in [4.78, 5) is 0. The maximum Gasteiger partial charge on any atom is 0.0316 e. The van der Waals surface area contributed by atoms with Gasteiger partial charge in [-0.05, 0) is 35.7 Å². The Morgan fingerprint density at radius 3 is 2.50 bits per heavy atom. The first-order valence-corrected chi connectivity index (χ1v) is 4.64. The van der Waals surface area contributed by atoms with Crippen LogP contribution in [-0.2, 0) is 6.42 Å². The smallest absolute Gasteiger partial charge is 0.0316 e. The molecule has 1 nitrogen and oxygen atoms in total. The second kappa shape index (κ2) is 3.97. The van der Waals surface area contributed by atoms with Crippen molar-refractivity contribution in [3.63, 3.8) is 0 Å². The molecule has 14 heavy (non-hydrogen) atoms. The summed E-state index contributed by atoms with van der Waals surface area (Å²) in [5, 5.41) is 0. The molecule has 0 aliphatic carbocycles. The Bertz CT molecular complexity index is 407. The zero-order valence-corrected chi connectivity index (χ0v) is 7.90. The molecule has 1 radical (unpaired) electrons. The lowest BCUT2D eigenvalue weighted by atomic mass is 10.0. The first-order valence-electron chi connectivity index (χ1n) is 4.64. The fraction of sp³-hybridized carbons (Fsp3) is 0.0769. The molecule has 0 aromatic heterocycles. The van der Waals surface area contributed by atoms with E-state index in [1.807, 2.05) is 30.3 Å². The number of benzene rings is 2. The van der Waals surface area contributed by atoms with Gasteiger partial charge in [0.25, 0.3) is 0 Å². The van der Waals surface area contributed by atoms with E-state index in [0.29, 0.717) is 0 Å². The molecule has 2 aromatic rings. The number of hydrogen-bond acceptors (Lipinski definition) is 1. The lowest BCUT2D eigenvalue weighted by molar-refractivity contribution is 1.19. The predicted molar refractivity (Wildman–Crippen MR) is 58.9 cm³/mol. The minimum absolute atomic E-state index is 0.824. The fourth-order valence-corrected chi connectivity index (χ4v) is 1.48. The molecule has 69 valence electrons. The maximum absolute atomic E-state index is 5.71. The largest absolute Gasteiger partial charge is 0.399 e. The van der Waals surface area contributed by atoms with Crippen molar-refractivity contribution in [2.24, 2.45) is 0 Å². The number of nitrogen functional groups attached to an aromatic ring is 1. The molecular formula is C13H12N. The van der Waals surface area contributed by atoms with Crippen molar-refractivity contribution >= 4 is 5.69 Å². The molecule has 1 heteroatoms. The molecule has 0 unspecified atom stereocenters. The van der Waals surface area contributed by atoms with E-state index in [9.17, 15) is 0 Å². The highest BCUT2D eigenvalue weighted by atomic mass is 14.5. The number of nitrogens with two attached hydrogens (primary N) is 1. The van der Waals surface area contributed by atoms with Crippen LogP contribution in [-0.4, -0.2) is 0 Å². The maximum atomic E-state index is 5.71. The molecular weight excluding hydrogens is 170 g/mol. The van der Waals surface area contributed by atoms with Gasteiger partial charge in [0, 0.05) is 5.69 Å². The number of hydrogen-bond donors (Lipinski definition) is 1. The number of rotatable bonds is 2. The third-order valence-corrected chi connectivity index (χ3v) is 2.15. The predicted octanol–water partition coefficient (Wildman–Crippen LogP) is 2.66. The molecule has 0 heterocycles. The highest BCUT2D eigenvalue weighted by molar-refractivity contribution is 5.42. The van der Waals surface area contributed by atoms with Crippen molar-refractivity contribution in [3.05, 3.63) is 65.7 Å². The van der Waals surface area contributed by atoms with Gasteiger partial charge in [-0.1, -0.05) is 36.4 Å². The van der Waals surface area contributed by atoms with E-state index in [0.717, 1.165) is 12.1 Å². The van der Waals surface area contributed by atoms with Crippen molar-refractivity contribution in [1.29, 1.82) is 0 Å².